The minimum Gasteiger partial charge on any atom is -0.489 e. The van der Waals surface area contributed by atoms with Crippen molar-refractivity contribution in [3.05, 3.63) is 93.5 Å². The maximum atomic E-state index is 12.2. The van der Waals surface area contributed by atoms with Crippen LogP contribution in [0.1, 0.15) is 16.7 Å². The van der Waals surface area contributed by atoms with Gasteiger partial charge in [-0.2, -0.15) is 0 Å². The van der Waals surface area contributed by atoms with E-state index in [1.165, 1.54) is 14.2 Å². The lowest BCUT2D eigenvalue weighted by Crippen LogP contribution is -2.29. The van der Waals surface area contributed by atoms with E-state index >= 15 is 0 Å². The number of carbonyl (C=O) groups is 1. The molecule has 6 nitrogen and oxygen atoms in total. The fourth-order valence-electron chi connectivity index (χ4n) is 2.95. The molecule has 0 heterocycles. The predicted molar refractivity (Wildman–Crippen MR) is 126 cm³/mol. The molecule has 0 atom stereocenters. The summed E-state index contributed by atoms with van der Waals surface area (Å²) < 4.78 is 11.7. The second kappa shape index (κ2) is 11.4. The van der Waals surface area contributed by atoms with Crippen LogP contribution in [0.25, 0.3) is 0 Å². The van der Waals surface area contributed by atoms with Gasteiger partial charge < -0.3 is 19.6 Å². The molecule has 0 aliphatic heterocycles. The van der Waals surface area contributed by atoms with Gasteiger partial charge in [-0.3, -0.25) is 4.79 Å². The highest BCUT2D eigenvalue weighted by atomic mass is 35.5. The standard InChI is InChI=1S/C24H22Cl2N2O4/c1-27-24(29)22(28-30-2)19-11-7-6-10-17(19)15-31-18-12-20(25)23(21(26)13-18)32-14-16-8-4-3-5-9-16/h3-13H,14-15H2,1-2H3,(H,27,29)/b28-22+. The van der Waals surface area contributed by atoms with Crippen molar-refractivity contribution in [2.45, 2.75) is 13.2 Å². The monoisotopic (exact) mass is 472 g/mol. The van der Waals surface area contributed by atoms with Crippen LogP contribution in [0, 0.1) is 0 Å². The van der Waals surface area contributed by atoms with Crippen molar-refractivity contribution in [3.63, 3.8) is 0 Å². The summed E-state index contributed by atoms with van der Waals surface area (Å²) in [5.41, 5.74) is 2.48. The van der Waals surface area contributed by atoms with Gasteiger partial charge in [0.15, 0.2) is 11.5 Å². The fourth-order valence-corrected chi connectivity index (χ4v) is 3.52. The van der Waals surface area contributed by atoms with Crippen molar-refractivity contribution < 1.29 is 19.1 Å². The highest BCUT2D eigenvalue weighted by molar-refractivity contribution is 6.45. The molecular weight excluding hydrogens is 451 g/mol. The van der Waals surface area contributed by atoms with Crippen LogP contribution in [0.5, 0.6) is 11.5 Å². The van der Waals surface area contributed by atoms with Gasteiger partial charge in [0.25, 0.3) is 5.91 Å². The van der Waals surface area contributed by atoms with Gasteiger partial charge in [-0.1, -0.05) is 83.0 Å². The summed E-state index contributed by atoms with van der Waals surface area (Å²) in [6.45, 7) is 0.502. The van der Waals surface area contributed by atoms with E-state index < -0.39 is 0 Å². The van der Waals surface area contributed by atoms with E-state index in [-0.39, 0.29) is 18.2 Å². The molecule has 0 spiro atoms. The predicted octanol–water partition coefficient (Wildman–Crippen LogP) is 5.25. The van der Waals surface area contributed by atoms with E-state index in [1.54, 1.807) is 24.3 Å². The number of benzene rings is 3. The van der Waals surface area contributed by atoms with Crippen LogP contribution in [0.15, 0.2) is 71.9 Å². The first-order chi connectivity index (χ1) is 15.5. The van der Waals surface area contributed by atoms with E-state index in [9.17, 15) is 4.79 Å². The molecule has 166 valence electrons. The minimum absolute atomic E-state index is 0.148. The first-order valence-corrected chi connectivity index (χ1v) is 10.5. The van der Waals surface area contributed by atoms with Crippen LogP contribution >= 0.6 is 23.2 Å². The molecule has 0 aromatic heterocycles. The normalized spacial score (nSPS) is 11.1. The molecule has 0 saturated carbocycles. The number of carbonyl (C=O) groups excluding carboxylic acids is 1. The Bertz CT molecular complexity index is 1080. The second-order valence-electron chi connectivity index (χ2n) is 6.64. The third-order valence-corrected chi connectivity index (χ3v) is 5.05. The molecule has 0 radical (unpaired) electrons. The van der Waals surface area contributed by atoms with E-state index in [0.29, 0.717) is 33.7 Å². The lowest BCUT2D eigenvalue weighted by Gasteiger charge is -2.14. The van der Waals surface area contributed by atoms with Crippen molar-refractivity contribution >= 4 is 34.8 Å². The number of halogens is 2. The number of oxime groups is 1. The summed E-state index contributed by atoms with van der Waals surface area (Å²) in [4.78, 5) is 17.0. The number of rotatable bonds is 9. The molecule has 1 N–H and O–H groups in total. The third-order valence-electron chi connectivity index (χ3n) is 4.49. The highest BCUT2D eigenvalue weighted by Gasteiger charge is 2.18. The van der Waals surface area contributed by atoms with Crippen molar-refractivity contribution in [1.82, 2.24) is 5.32 Å². The number of hydrogen-bond donors (Lipinski definition) is 1. The molecule has 0 aliphatic carbocycles. The molecule has 0 aliphatic rings. The Morgan fingerprint density at radius 2 is 1.59 bits per heavy atom. The van der Waals surface area contributed by atoms with Gasteiger partial charge in [-0.05, 0) is 11.1 Å². The summed E-state index contributed by atoms with van der Waals surface area (Å²) in [7, 11) is 2.91. The van der Waals surface area contributed by atoms with Crippen LogP contribution in [0.3, 0.4) is 0 Å². The number of nitrogens with one attached hydrogen (secondary N) is 1. The van der Waals surface area contributed by atoms with Gasteiger partial charge in [0, 0.05) is 24.7 Å². The lowest BCUT2D eigenvalue weighted by atomic mass is 10.0. The number of ether oxygens (including phenoxy) is 2. The average Bonchev–Trinajstić information content (AvgIpc) is 2.81. The van der Waals surface area contributed by atoms with Crippen molar-refractivity contribution in [2.24, 2.45) is 5.16 Å². The van der Waals surface area contributed by atoms with Crippen LogP contribution in [-0.4, -0.2) is 25.8 Å². The maximum absolute atomic E-state index is 12.2. The molecular formula is C24H22Cl2N2O4. The first kappa shape index (κ1) is 23.4. The first-order valence-electron chi connectivity index (χ1n) is 9.73. The summed E-state index contributed by atoms with van der Waals surface area (Å²) in [5, 5.41) is 7.08. The SMILES string of the molecule is CNC(=O)/C(=N/OC)c1ccccc1COc1cc(Cl)c(OCc2ccccc2)c(Cl)c1. The molecule has 0 saturated heterocycles. The molecule has 3 aromatic rings. The van der Waals surface area contributed by atoms with Crippen molar-refractivity contribution in [1.29, 1.82) is 0 Å². The molecule has 8 heteroatoms. The molecule has 0 fully saturated rings. The largest absolute Gasteiger partial charge is 0.489 e. The fraction of sp³-hybridized carbons (Fsp3) is 0.167. The molecule has 0 bridgehead atoms. The number of hydrogen-bond acceptors (Lipinski definition) is 5. The zero-order chi connectivity index (χ0) is 22.9. The van der Waals surface area contributed by atoms with Crippen molar-refractivity contribution in [3.8, 4) is 11.5 Å². The van der Waals surface area contributed by atoms with Crippen LogP contribution in [-0.2, 0) is 22.8 Å². The molecule has 1 amide bonds. The van der Waals surface area contributed by atoms with Gasteiger partial charge in [-0.15, -0.1) is 0 Å². The van der Waals surface area contributed by atoms with E-state index in [2.05, 4.69) is 10.5 Å². The maximum Gasteiger partial charge on any atom is 0.273 e. The number of amides is 1. The number of likely N-dealkylation sites (N-methyl/N-ethyl adjacent to an activating group) is 1. The summed E-state index contributed by atoms with van der Waals surface area (Å²) in [6, 6.07) is 20.2. The zero-order valence-corrected chi connectivity index (χ0v) is 19.1. The molecule has 3 rings (SSSR count). The van der Waals surface area contributed by atoms with E-state index in [0.717, 1.165) is 11.1 Å². The highest BCUT2D eigenvalue weighted by Crippen LogP contribution is 2.37. The Labute approximate surface area is 196 Å². The van der Waals surface area contributed by atoms with Crippen molar-refractivity contribution in [2.75, 3.05) is 14.2 Å². The summed E-state index contributed by atoms with van der Waals surface area (Å²) >= 11 is 12.8. The molecule has 3 aromatic carbocycles. The Morgan fingerprint density at radius 3 is 2.25 bits per heavy atom. The summed E-state index contributed by atoms with van der Waals surface area (Å²) in [5.74, 6) is 0.483. The Morgan fingerprint density at radius 1 is 0.938 bits per heavy atom. The van der Waals surface area contributed by atoms with E-state index in [1.807, 2.05) is 42.5 Å². The van der Waals surface area contributed by atoms with Crippen LogP contribution < -0.4 is 14.8 Å². The van der Waals surface area contributed by atoms with Gasteiger partial charge in [0.1, 0.15) is 26.1 Å². The topological polar surface area (TPSA) is 69.2 Å². The molecule has 0 unspecified atom stereocenters. The smallest absolute Gasteiger partial charge is 0.273 e. The van der Waals surface area contributed by atoms with Crippen LogP contribution in [0.2, 0.25) is 10.0 Å². The van der Waals surface area contributed by atoms with Gasteiger partial charge >= 0.3 is 0 Å². The van der Waals surface area contributed by atoms with Crippen LogP contribution in [0.4, 0.5) is 0 Å². The minimum atomic E-state index is -0.370. The second-order valence-corrected chi connectivity index (χ2v) is 7.45. The van der Waals surface area contributed by atoms with Gasteiger partial charge in [0.05, 0.1) is 10.0 Å². The number of nitrogens with zero attached hydrogens (tertiary/aromatic N) is 1. The average molecular weight is 473 g/mol. The third kappa shape index (κ3) is 5.93. The molecule has 32 heavy (non-hydrogen) atoms. The Hall–Kier alpha value is -3.22. The quantitative estimate of drug-likeness (QED) is 0.341. The van der Waals surface area contributed by atoms with E-state index in [4.69, 9.17) is 37.5 Å². The Balaban J connectivity index is 1.75. The Kier molecular flexibility index (Phi) is 8.36. The van der Waals surface area contributed by atoms with Gasteiger partial charge in [-0.25, -0.2) is 0 Å². The van der Waals surface area contributed by atoms with Gasteiger partial charge in [0.2, 0.25) is 0 Å². The lowest BCUT2D eigenvalue weighted by molar-refractivity contribution is -0.114. The zero-order valence-electron chi connectivity index (χ0n) is 17.6. The summed E-state index contributed by atoms with van der Waals surface area (Å²) in [6.07, 6.45) is 0.